The number of rotatable bonds is 7. The fourth-order valence-electron chi connectivity index (χ4n) is 3.50. The van der Waals surface area contributed by atoms with Gasteiger partial charge in [0.2, 0.25) is 5.91 Å². The molecule has 0 radical (unpaired) electrons. The second-order valence-corrected chi connectivity index (χ2v) is 6.96. The molecule has 0 spiro atoms. The van der Waals surface area contributed by atoms with E-state index in [4.69, 9.17) is 9.47 Å². The molecule has 148 valence electrons. The van der Waals surface area contributed by atoms with E-state index in [1.165, 1.54) is 24.1 Å². The minimum Gasteiger partial charge on any atom is -0.497 e. The summed E-state index contributed by atoms with van der Waals surface area (Å²) in [6, 6.07) is 13.9. The summed E-state index contributed by atoms with van der Waals surface area (Å²) in [6.45, 7) is 2.75. The topological polar surface area (TPSA) is 42.0 Å². The Balaban J connectivity index is 1.71. The first-order valence-electron chi connectivity index (χ1n) is 9.60. The van der Waals surface area contributed by atoms with Crippen LogP contribution in [0.3, 0.4) is 0 Å². The molecule has 0 unspecified atom stereocenters. The zero-order valence-electron chi connectivity index (χ0n) is 16.9. The Labute approximate surface area is 167 Å². The van der Waals surface area contributed by atoms with Gasteiger partial charge in [-0.2, -0.15) is 0 Å². The summed E-state index contributed by atoms with van der Waals surface area (Å²) in [6.07, 6.45) is 5.81. The standard InChI is InChI=1S/C23H28N2O3/c1-24(17-19-8-4-5-9-21(19)25-14-6-7-15-25)23(26)13-10-18-16-20(27-2)11-12-22(18)28-3/h4-5,8-13,16H,6-7,14-15,17H2,1-3H3/b13-10+. The summed E-state index contributed by atoms with van der Waals surface area (Å²) in [5, 5.41) is 0. The molecule has 1 saturated heterocycles. The van der Waals surface area contributed by atoms with Crippen LogP contribution in [0.15, 0.2) is 48.5 Å². The number of nitrogens with zero attached hydrogens (tertiary/aromatic N) is 2. The molecule has 2 aromatic rings. The monoisotopic (exact) mass is 380 g/mol. The molecule has 0 saturated carbocycles. The van der Waals surface area contributed by atoms with Crippen LogP contribution in [0.25, 0.3) is 6.08 Å². The second-order valence-electron chi connectivity index (χ2n) is 6.96. The molecule has 1 heterocycles. The summed E-state index contributed by atoms with van der Waals surface area (Å²) in [4.78, 5) is 16.8. The lowest BCUT2D eigenvalue weighted by Gasteiger charge is -2.24. The van der Waals surface area contributed by atoms with Crippen molar-refractivity contribution in [2.45, 2.75) is 19.4 Å². The molecule has 1 aliphatic rings. The molecule has 2 aromatic carbocycles. The molecule has 1 fully saturated rings. The highest BCUT2D eigenvalue weighted by atomic mass is 16.5. The smallest absolute Gasteiger partial charge is 0.246 e. The van der Waals surface area contributed by atoms with Gasteiger partial charge in [-0.15, -0.1) is 0 Å². The fraction of sp³-hybridized carbons (Fsp3) is 0.348. The van der Waals surface area contributed by atoms with E-state index in [9.17, 15) is 4.79 Å². The van der Waals surface area contributed by atoms with E-state index in [1.807, 2.05) is 31.3 Å². The highest BCUT2D eigenvalue weighted by Gasteiger charge is 2.17. The Kier molecular flexibility index (Phi) is 6.58. The Morgan fingerprint density at radius 1 is 1.11 bits per heavy atom. The van der Waals surface area contributed by atoms with Gasteiger partial charge >= 0.3 is 0 Å². The zero-order valence-corrected chi connectivity index (χ0v) is 16.9. The van der Waals surface area contributed by atoms with Crippen LogP contribution in [0.5, 0.6) is 11.5 Å². The SMILES string of the molecule is COc1ccc(OC)c(/C=C/C(=O)N(C)Cc2ccccc2N2CCCC2)c1. The van der Waals surface area contributed by atoms with Gasteiger partial charge in [0, 0.05) is 44.0 Å². The number of carbonyl (C=O) groups excluding carboxylic acids is 1. The van der Waals surface area contributed by atoms with Gasteiger partial charge in [-0.3, -0.25) is 4.79 Å². The number of amides is 1. The van der Waals surface area contributed by atoms with Crippen molar-refractivity contribution in [2.24, 2.45) is 0 Å². The molecule has 5 nitrogen and oxygen atoms in total. The molecule has 0 aromatic heterocycles. The van der Waals surface area contributed by atoms with Crippen LogP contribution in [-0.4, -0.2) is 45.2 Å². The molecule has 0 bridgehead atoms. The third-order valence-electron chi connectivity index (χ3n) is 5.06. The number of hydrogen-bond acceptors (Lipinski definition) is 4. The Morgan fingerprint density at radius 2 is 1.86 bits per heavy atom. The van der Waals surface area contributed by atoms with Crippen molar-refractivity contribution in [3.63, 3.8) is 0 Å². The fourth-order valence-corrected chi connectivity index (χ4v) is 3.50. The van der Waals surface area contributed by atoms with Crippen molar-refractivity contribution in [1.29, 1.82) is 0 Å². The van der Waals surface area contributed by atoms with E-state index in [2.05, 4.69) is 23.1 Å². The Morgan fingerprint density at radius 3 is 2.57 bits per heavy atom. The lowest BCUT2D eigenvalue weighted by molar-refractivity contribution is -0.125. The predicted molar refractivity (Wildman–Crippen MR) is 113 cm³/mol. The van der Waals surface area contributed by atoms with Gasteiger partial charge < -0.3 is 19.3 Å². The zero-order chi connectivity index (χ0) is 19.9. The van der Waals surface area contributed by atoms with E-state index in [-0.39, 0.29) is 5.91 Å². The number of carbonyl (C=O) groups is 1. The molecule has 0 atom stereocenters. The van der Waals surface area contributed by atoms with E-state index in [0.29, 0.717) is 12.3 Å². The number of para-hydroxylation sites is 1. The Bertz CT molecular complexity index is 841. The average Bonchev–Trinajstić information content (AvgIpc) is 3.26. The molecule has 3 rings (SSSR count). The van der Waals surface area contributed by atoms with Crippen molar-refractivity contribution in [3.8, 4) is 11.5 Å². The van der Waals surface area contributed by atoms with Crippen LogP contribution in [0, 0.1) is 0 Å². The van der Waals surface area contributed by atoms with E-state index < -0.39 is 0 Å². The van der Waals surface area contributed by atoms with E-state index in [1.54, 1.807) is 31.3 Å². The Hall–Kier alpha value is -2.95. The van der Waals surface area contributed by atoms with Gasteiger partial charge in [0.05, 0.1) is 14.2 Å². The summed E-state index contributed by atoms with van der Waals surface area (Å²) in [5.41, 5.74) is 3.21. The van der Waals surface area contributed by atoms with Crippen LogP contribution in [-0.2, 0) is 11.3 Å². The van der Waals surface area contributed by atoms with Crippen LogP contribution >= 0.6 is 0 Å². The van der Waals surface area contributed by atoms with Gasteiger partial charge in [0.15, 0.2) is 0 Å². The van der Waals surface area contributed by atoms with E-state index in [0.717, 1.165) is 24.4 Å². The highest BCUT2D eigenvalue weighted by Crippen LogP contribution is 2.26. The van der Waals surface area contributed by atoms with Crippen molar-refractivity contribution in [1.82, 2.24) is 4.90 Å². The van der Waals surface area contributed by atoms with Crippen LogP contribution in [0.4, 0.5) is 5.69 Å². The maximum absolute atomic E-state index is 12.7. The first-order chi connectivity index (χ1) is 13.6. The number of methoxy groups -OCH3 is 2. The van der Waals surface area contributed by atoms with Crippen LogP contribution in [0.1, 0.15) is 24.0 Å². The van der Waals surface area contributed by atoms with Gasteiger partial charge in [0.1, 0.15) is 11.5 Å². The molecule has 0 aliphatic carbocycles. The number of anilines is 1. The number of hydrogen-bond donors (Lipinski definition) is 0. The van der Waals surface area contributed by atoms with Gasteiger partial charge in [-0.25, -0.2) is 0 Å². The highest BCUT2D eigenvalue weighted by molar-refractivity contribution is 5.92. The number of likely N-dealkylation sites (N-methyl/N-ethyl adjacent to an activating group) is 1. The first kappa shape index (κ1) is 19.8. The molecular formula is C23H28N2O3. The first-order valence-corrected chi connectivity index (χ1v) is 9.60. The van der Waals surface area contributed by atoms with Gasteiger partial charge in [0.25, 0.3) is 0 Å². The van der Waals surface area contributed by atoms with Crippen LogP contribution < -0.4 is 14.4 Å². The summed E-state index contributed by atoms with van der Waals surface area (Å²) < 4.78 is 10.6. The normalized spacial score (nSPS) is 13.8. The summed E-state index contributed by atoms with van der Waals surface area (Å²) in [5.74, 6) is 1.37. The summed E-state index contributed by atoms with van der Waals surface area (Å²) in [7, 11) is 5.06. The van der Waals surface area contributed by atoms with Gasteiger partial charge in [-0.05, 0) is 48.7 Å². The predicted octanol–water partition coefficient (Wildman–Crippen LogP) is 3.98. The van der Waals surface area contributed by atoms with E-state index >= 15 is 0 Å². The lowest BCUT2D eigenvalue weighted by Crippen LogP contribution is -2.26. The largest absolute Gasteiger partial charge is 0.497 e. The maximum atomic E-state index is 12.7. The third kappa shape index (κ3) is 4.66. The maximum Gasteiger partial charge on any atom is 0.246 e. The second kappa shape index (κ2) is 9.31. The molecule has 5 heteroatoms. The van der Waals surface area contributed by atoms with Crippen LogP contribution in [0.2, 0.25) is 0 Å². The average molecular weight is 380 g/mol. The quantitative estimate of drug-likeness (QED) is 0.682. The molecule has 1 aliphatic heterocycles. The van der Waals surface area contributed by atoms with Crippen molar-refractivity contribution in [3.05, 3.63) is 59.7 Å². The lowest BCUT2D eigenvalue weighted by atomic mass is 10.1. The number of ether oxygens (including phenoxy) is 2. The third-order valence-corrected chi connectivity index (χ3v) is 5.06. The summed E-state index contributed by atoms with van der Waals surface area (Å²) >= 11 is 0. The number of benzene rings is 2. The molecular weight excluding hydrogens is 352 g/mol. The molecule has 0 N–H and O–H groups in total. The van der Waals surface area contributed by atoms with Crippen molar-refractivity contribution < 1.29 is 14.3 Å². The van der Waals surface area contributed by atoms with Crippen molar-refractivity contribution in [2.75, 3.05) is 39.3 Å². The van der Waals surface area contributed by atoms with Gasteiger partial charge in [-0.1, -0.05) is 18.2 Å². The minimum absolute atomic E-state index is 0.0545. The molecule has 28 heavy (non-hydrogen) atoms. The van der Waals surface area contributed by atoms with Crippen molar-refractivity contribution >= 4 is 17.7 Å². The minimum atomic E-state index is -0.0545. The molecule has 1 amide bonds.